The molecule has 0 amide bonds. The number of rotatable bonds is 3. The van der Waals surface area contributed by atoms with Crippen LogP contribution in [0.3, 0.4) is 0 Å². The normalized spacial score (nSPS) is 20.7. The zero-order chi connectivity index (χ0) is 20.7. The molecule has 150 valence electrons. The number of phenolic OH excluding ortho intramolecular Hbond substituents is 4. The van der Waals surface area contributed by atoms with Gasteiger partial charge in [0, 0.05) is 22.7 Å². The van der Waals surface area contributed by atoms with Gasteiger partial charge < -0.3 is 36.0 Å². The van der Waals surface area contributed by atoms with Crippen molar-refractivity contribution in [1.29, 1.82) is 0 Å². The van der Waals surface area contributed by atoms with Gasteiger partial charge in [-0.15, -0.1) is 11.8 Å². The lowest BCUT2D eigenvalue weighted by Gasteiger charge is -2.37. The van der Waals surface area contributed by atoms with Crippen LogP contribution in [-0.4, -0.2) is 31.6 Å². The van der Waals surface area contributed by atoms with Crippen LogP contribution in [0.5, 0.6) is 28.7 Å². The molecule has 0 aromatic heterocycles. The van der Waals surface area contributed by atoms with E-state index in [9.17, 15) is 25.5 Å². The van der Waals surface area contributed by atoms with Gasteiger partial charge in [0.1, 0.15) is 23.4 Å². The standard InChI is InChI=1S/C21H19NO6S/c22-12-3-1-2-4-17(12)29-21-18-15(26)8-11(23)9-16(18)28-20(19(21)27)10-5-6-13(24)14(25)7-10/h1-9,19-21,23-27H,22H2. The van der Waals surface area contributed by atoms with Gasteiger partial charge >= 0.3 is 0 Å². The summed E-state index contributed by atoms with van der Waals surface area (Å²) >= 11 is 1.26. The molecule has 4 rings (SSSR count). The van der Waals surface area contributed by atoms with Crippen LogP contribution in [0.2, 0.25) is 0 Å². The van der Waals surface area contributed by atoms with Gasteiger partial charge in [-0.3, -0.25) is 0 Å². The van der Waals surface area contributed by atoms with Crippen molar-refractivity contribution >= 4 is 17.4 Å². The third-order valence-corrected chi connectivity index (χ3v) is 6.16. The smallest absolute Gasteiger partial charge is 0.157 e. The molecule has 0 saturated carbocycles. The number of hydrogen-bond acceptors (Lipinski definition) is 8. The number of nitrogens with two attached hydrogens (primary N) is 1. The van der Waals surface area contributed by atoms with Crippen molar-refractivity contribution in [3.8, 4) is 28.7 Å². The molecule has 7 nitrogen and oxygen atoms in total. The Morgan fingerprint density at radius 1 is 0.862 bits per heavy atom. The fourth-order valence-electron chi connectivity index (χ4n) is 3.35. The van der Waals surface area contributed by atoms with Crippen LogP contribution in [0.4, 0.5) is 5.69 Å². The van der Waals surface area contributed by atoms with E-state index in [1.165, 1.54) is 42.1 Å². The van der Waals surface area contributed by atoms with Crippen molar-refractivity contribution < 1.29 is 30.3 Å². The lowest BCUT2D eigenvalue weighted by molar-refractivity contribution is 0.0174. The molecule has 3 atom stereocenters. The van der Waals surface area contributed by atoms with Gasteiger partial charge in [0.25, 0.3) is 0 Å². The van der Waals surface area contributed by atoms with Gasteiger partial charge in [0.2, 0.25) is 0 Å². The van der Waals surface area contributed by atoms with E-state index in [0.29, 0.717) is 21.7 Å². The molecule has 8 heteroatoms. The van der Waals surface area contributed by atoms with E-state index >= 15 is 0 Å². The molecule has 0 spiro atoms. The molecule has 1 aliphatic rings. The van der Waals surface area contributed by atoms with Crippen molar-refractivity contribution in [2.24, 2.45) is 0 Å². The molecule has 29 heavy (non-hydrogen) atoms. The number of anilines is 1. The Kier molecular flexibility index (Phi) is 4.81. The summed E-state index contributed by atoms with van der Waals surface area (Å²) in [6.07, 6.45) is -2.05. The summed E-state index contributed by atoms with van der Waals surface area (Å²) in [5.41, 5.74) is 7.33. The van der Waals surface area contributed by atoms with Crippen LogP contribution in [0.1, 0.15) is 22.5 Å². The first-order valence-electron chi connectivity index (χ1n) is 8.79. The Balaban J connectivity index is 1.81. The van der Waals surface area contributed by atoms with Gasteiger partial charge in [-0.1, -0.05) is 18.2 Å². The zero-order valence-electron chi connectivity index (χ0n) is 15.1. The Bertz CT molecular complexity index is 1070. The van der Waals surface area contributed by atoms with E-state index in [1.807, 2.05) is 6.07 Å². The molecular weight excluding hydrogens is 394 g/mol. The second kappa shape index (κ2) is 7.31. The second-order valence-corrected chi connectivity index (χ2v) is 7.91. The van der Waals surface area contributed by atoms with Crippen molar-refractivity contribution in [3.05, 3.63) is 65.7 Å². The molecule has 3 aromatic rings. The molecule has 0 radical (unpaired) electrons. The van der Waals surface area contributed by atoms with Crippen LogP contribution < -0.4 is 10.5 Å². The Morgan fingerprint density at radius 2 is 1.62 bits per heavy atom. The van der Waals surface area contributed by atoms with Crippen molar-refractivity contribution in [2.75, 3.05) is 5.73 Å². The molecular formula is C21H19NO6S. The average Bonchev–Trinajstić information content (AvgIpc) is 2.67. The molecule has 7 N–H and O–H groups in total. The number of phenols is 4. The molecule has 0 bridgehead atoms. The number of benzene rings is 3. The van der Waals surface area contributed by atoms with E-state index in [0.717, 1.165) is 0 Å². The molecule has 1 aliphatic heterocycles. The monoisotopic (exact) mass is 413 g/mol. The summed E-state index contributed by atoms with van der Waals surface area (Å²) < 4.78 is 5.88. The Hall–Kier alpha value is -3.23. The van der Waals surface area contributed by atoms with Crippen LogP contribution in [0.25, 0.3) is 0 Å². The maximum Gasteiger partial charge on any atom is 0.157 e. The third-order valence-electron chi connectivity index (χ3n) is 4.76. The largest absolute Gasteiger partial charge is 0.508 e. The SMILES string of the molecule is Nc1ccccc1SC1c2c(O)cc(O)cc2OC(c2ccc(O)c(O)c2)C1O. The number of aliphatic hydroxyl groups is 1. The van der Waals surface area contributed by atoms with Crippen LogP contribution in [0, 0.1) is 0 Å². The van der Waals surface area contributed by atoms with E-state index in [1.54, 1.807) is 18.2 Å². The van der Waals surface area contributed by atoms with Crippen molar-refractivity contribution in [2.45, 2.75) is 22.4 Å². The lowest BCUT2D eigenvalue weighted by Crippen LogP contribution is -2.33. The summed E-state index contributed by atoms with van der Waals surface area (Å²) in [5, 5.41) is 50.2. The molecule has 3 unspecified atom stereocenters. The van der Waals surface area contributed by atoms with E-state index in [-0.39, 0.29) is 28.7 Å². The summed E-state index contributed by atoms with van der Waals surface area (Å²) in [4.78, 5) is 0.712. The molecule has 1 heterocycles. The van der Waals surface area contributed by atoms with E-state index < -0.39 is 17.5 Å². The highest BCUT2D eigenvalue weighted by molar-refractivity contribution is 7.99. The summed E-state index contributed by atoms with van der Waals surface area (Å²) in [6, 6.07) is 13.8. The van der Waals surface area contributed by atoms with Gasteiger partial charge in [-0.25, -0.2) is 0 Å². The number of para-hydroxylation sites is 1. The van der Waals surface area contributed by atoms with E-state index in [2.05, 4.69) is 0 Å². The maximum atomic E-state index is 11.1. The fourth-order valence-corrected chi connectivity index (χ4v) is 4.62. The average molecular weight is 413 g/mol. The van der Waals surface area contributed by atoms with Crippen molar-refractivity contribution in [1.82, 2.24) is 0 Å². The summed E-state index contributed by atoms with van der Waals surface area (Å²) in [7, 11) is 0. The maximum absolute atomic E-state index is 11.1. The molecule has 3 aromatic carbocycles. The number of hydrogen-bond donors (Lipinski definition) is 6. The van der Waals surface area contributed by atoms with Gasteiger partial charge in [-0.2, -0.15) is 0 Å². The van der Waals surface area contributed by atoms with Crippen molar-refractivity contribution in [3.63, 3.8) is 0 Å². The molecule has 0 saturated heterocycles. The van der Waals surface area contributed by atoms with Gasteiger partial charge in [0.15, 0.2) is 17.6 Å². The minimum absolute atomic E-state index is 0.187. The molecule has 0 aliphatic carbocycles. The molecule has 0 fully saturated rings. The minimum Gasteiger partial charge on any atom is -0.508 e. The first-order chi connectivity index (χ1) is 13.8. The zero-order valence-corrected chi connectivity index (χ0v) is 15.9. The van der Waals surface area contributed by atoms with Crippen LogP contribution in [0.15, 0.2) is 59.5 Å². The quantitative estimate of drug-likeness (QED) is 0.284. The Labute approximate surface area is 170 Å². The first-order valence-corrected chi connectivity index (χ1v) is 9.66. The highest BCUT2D eigenvalue weighted by atomic mass is 32.2. The number of nitrogen functional groups attached to an aromatic ring is 1. The number of aromatic hydroxyl groups is 4. The minimum atomic E-state index is -1.13. The number of ether oxygens (including phenoxy) is 1. The van der Waals surface area contributed by atoms with Gasteiger partial charge in [0.05, 0.1) is 10.8 Å². The topological polar surface area (TPSA) is 136 Å². The fraction of sp³-hybridized carbons (Fsp3) is 0.143. The highest BCUT2D eigenvalue weighted by Gasteiger charge is 2.41. The predicted octanol–water partition coefficient (Wildman–Crippen LogP) is 3.42. The first kappa shape index (κ1) is 19.1. The predicted molar refractivity (Wildman–Crippen MR) is 108 cm³/mol. The number of thioether (sulfide) groups is 1. The van der Waals surface area contributed by atoms with Crippen LogP contribution >= 0.6 is 11.8 Å². The van der Waals surface area contributed by atoms with E-state index in [4.69, 9.17) is 10.5 Å². The lowest BCUT2D eigenvalue weighted by atomic mass is 9.93. The number of aliphatic hydroxyl groups excluding tert-OH is 1. The highest BCUT2D eigenvalue weighted by Crippen LogP contribution is 2.54. The summed E-state index contributed by atoms with van der Waals surface area (Å²) in [5.74, 6) is -0.833. The number of fused-ring (bicyclic) bond motifs is 1. The van der Waals surface area contributed by atoms with Crippen LogP contribution in [-0.2, 0) is 0 Å². The second-order valence-electron chi connectivity index (χ2n) is 6.73. The third kappa shape index (κ3) is 3.48. The van der Waals surface area contributed by atoms with Gasteiger partial charge in [-0.05, 0) is 29.8 Å². The Morgan fingerprint density at radius 3 is 2.34 bits per heavy atom. The summed E-state index contributed by atoms with van der Waals surface area (Å²) in [6.45, 7) is 0.